The molecule has 2 aliphatic rings. The lowest BCUT2D eigenvalue weighted by atomic mass is 10.2. The summed E-state index contributed by atoms with van der Waals surface area (Å²) >= 11 is 0. The predicted molar refractivity (Wildman–Crippen MR) is 114 cm³/mol. The second-order valence-corrected chi connectivity index (χ2v) is 7.99. The van der Waals surface area contributed by atoms with Crippen LogP contribution in [0.4, 0.5) is 0 Å². The fraction of sp³-hybridized carbons (Fsp3) is 0.455. The van der Waals surface area contributed by atoms with E-state index in [-0.39, 0.29) is 12.5 Å². The Bertz CT molecular complexity index is 1220. The number of ether oxygens (including phenoxy) is 2. The molecular weight excluding hydrogens is 408 g/mol. The number of hydrogen-bond acceptors (Lipinski definition) is 8. The van der Waals surface area contributed by atoms with Crippen molar-refractivity contribution in [2.24, 2.45) is 0 Å². The third-order valence-corrected chi connectivity index (χ3v) is 5.95. The van der Waals surface area contributed by atoms with Gasteiger partial charge in [-0.3, -0.25) is 9.13 Å². The molecule has 4 aromatic heterocycles. The minimum Gasteiger partial charge on any atom is -0.358 e. The second kappa shape index (κ2) is 8.26. The monoisotopic (exact) mass is 430 g/mol. The molecule has 0 aliphatic carbocycles. The van der Waals surface area contributed by atoms with Crippen molar-refractivity contribution in [3.8, 4) is 11.8 Å². The van der Waals surface area contributed by atoms with Crippen molar-refractivity contribution in [3.05, 3.63) is 36.7 Å². The smallest absolute Gasteiger partial charge is 0.166 e. The zero-order chi connectivity index (χ0) is 21.3. The van der Waals surface area contributed by atoms with Gasteiger partial charge in [0.15, 0.2) is 11.3 Å². The Hall–Kier alpha value is -3.42. The van der Waals surface area contributed by atoms with E-state index in [9.17, 15) is 0 Å². The molecule has 32 heavy (non-hydrogen) atoms. The fourth-order valence-electron chi connectivity index (χ4n) is 4.31. The summed E-state index contributed by atoms with van der Waals surface area (Å²) in [4.78, 5) is 26.6. The molecule has 162 valence electrons. The molecule has 0 N–H and O–H groups in total. The van der Waals surface area contributed by atoms with Gasteiger partial charge in [-0.1, -0.05) is 0 Å². The molecule has 0 amide bonds. The minimum atomic E-state index is -0.0445. The van der Waals surface area contributed by atoms with Crippen molar-refractivity contribution in [1.82, 2.24) is 39.0 Å². The van der Waals surface area contributed by atoms with Gasteiger partial charge in [-0.2, -0.15) is 0 Å². The van der Waals surface area contributed by atoms with Crippen LogP contribution in [-0.2, 0) is 9.47 Å². The van der Waals surface area contributed by atoms with E-state index in [4.69, 9.17) is 9.47 Å². The zero-order valence-corrected chi connectivity index (χ0v) is 17.5. The van der Waals surface area contributed by atoms with Crippen LogP contribution in [-0.4, -0.2) is 52.3 Å². The van der Waals surface area contributed by atoms with Crippen LogP contribution >= 0.6 is 0 Å². The fourth-order valence-corrected chi connectivity index (χ4v) is 4.31. The third-order valence-electron chi connectivity index (χ3n) is 5.95. The Morgan fingerprint density at radius 1 is 0.656 bits per heavy atom. The van der Waals surface area contributed by atoms with Gasteiger partial charge in [0, 0.05) is 13.2 Å². The molecule has 0 saturated carbocycles. The van der Waals surface area contributed by atoms with Gasteiger partial charge in [0.2, 0.25) is 0 Å². The van der Waals surface area contributed by atoms with Gasteiger partial charge < -0.3 is 9.47 Å². The first-order chi connectivity index (χ1) is 15.9. The summed E-state index contributed by atoms with van der Waals surface area (Å²) in [5, 5.41) is 0. The van der Waals surface area contributed by atoms with Crippen LogP contribution in [0.1, 0.15) is 62.4 Å². The summed E-state index contributed by atoms with van der Waals surface area (Å²) in [5.41, 5.74) is 3.85. The van der Waals surface area contributed by atoms with Crippen LogP contribution in [0.25, 0.3) is 22.3 Å². The van der Waals surface area contributed by atoms with Crippen molar-refractivity contribution in [2.75, 3.05) is 13.2 Å². The van der Waals surface area contributed by atoms with Crippen LogP contribution in [0.5, 0.6) is 0 Å². The summed E-state index contributed by atoms with van der Waals surface area (Å²) in [6.07, 6.45) is 12.8. The van der Waals surface area contributed by atoms with Crippen molar-refractivity contribution in [2.45, 2.75) is 51.0 Å². The molecule has 2 atom stereocenters. The highest BCUT2D eigenvalue weighted by molar-refractivity contribution is 5.79. The average Bonchev–Trinajstić information content (AvgIpc) is 3.49. The second-order valence-electron chi connectivity index (χ2n) is 7.99. The summed E-state index contributed by atoms with van der Waals surface area (Å²) in [6, 6.07) is 0. The molecular formula is C22H22N8O2. The maximum atomic E-state index is 5.89. The SMILES string of the molecule is C(#Cc1ncnc2c1ncn2C1CCCCO1)c1ncnc2c1ncn2C1CCCCO1. The zero-order valence-electron chi connectivity index (χ0n) is 17.5. The van der Waals surface area contributed by atoms with E-state index < -0.39 is 0 Å². The molecule has 10 nitrogen and oxygen atoms in total. The highest BCUT2D eigenvalue weighted by Gasteiger charge is 2.21. The van der Waals surface area contributed by atoms with Crippen LogP contribution in [0, 0.1) is 11.8 Å². The van der Waals surface area contributed by atoms with Crippen molar-refractivity contribution in [3.63, 3.8) is 0 Å². The Morgan fingerprint density at radius 3 is 1.59 bits per heavy atom. The van der Waals surface area contributed by atoms with E-state index in [1.54, 1.807) is 12.7 Å². The Kier molecular flexibility index (Phi) is 4.97. The van der Waals surface area contributed by atoms with Gasteiger partial charge in [0.25, 0.3) is 0 Å². The summed E-state index contributed by atoms with van der Waals surface area (Å²) in [7, 11) is 0. The number of aromatic nitrogens is 8. The van der Waals surface area contributed by atoms with Gasteiger partial charge in [0.05, 0.1) is 12.7 Å². The average molecular weight is 430 g/mol. The van der Waals surface area contributed by atoms with Gasteiger partial charge in [-0.05, 0) is 50.4 Å². The van der Waals surface area contributed by atoms with Crippen LogP contribution in [0.15, 0.2) is 25.3 Å². The van der Waals surface area contributed by atoms with E-state index in [1.807, 2.05) is 9.13 Å². The number of nitrogens with zero attached hydrogens (tertiary/aromatic N) is 8. The van der Waals surface area contributed by atoms with E-state index >= 15 is 0 Å². The number of hydrogen-bond donors (Lipinski definition) is 0. The topological polar surface area (TPSA) is 106 Å². The van der Waals surface area contributed by atoms with Crippen molar-refractivity contribution < 1.29 is 9.47 Å². The molecule has 0 bridgehead atoms. The lowest BCUT2D eigenvalue weighted by Crippen LogP contribution is -2.17. The quantitative estimate of drug-likeness (QED) is 0.447. The molecule has 6 heterocycles. The number of fused-ring (bicyclic) bond motifs is 2. The van der Waals surface area contributed by atoms with E-state index in [1.165, 1.54) is 12.7 Å². The standard InChI is InChI=1S/C22H22N8O2/c1-3-9-31-17(5-1)29-13-27-19-15(23-11-25-21(19)29)7-8-16-20-22(26-12-24-16)30(14-28-20)18-6-2-4-10-32-18/h11-14,17-18H,1-6,9-10H2. The maximum Gasteiger partial charge on any atom is 0.166 e. The number of imidazole rings is 2. The lowest BCUT2D eigenvalue weighted by Gasteiger charge is -2.23. The first-order valence-electron chi connectivity index (χ1n) is 11.0. The van der Waals surface area contributed by atoms with Crippen LogP contribution in [0.2, 0.25) is 0 Å². The Morgan fingerprint density at radius 2 is 1.16 bits per heavy atom. The van der Waals surface area contributed by atoms with Gasteiger partial charge in [-0.15, -0.1) is 0 Å². The first-order valence-corrected chi connectivity index (χ1v) is 11.0. The number of rotatable bonds is 2. The summed E-state index contributed by atoms with van der Waals surface area (Å²) < 4.78 is 15.7. The van der Waals surface area contributed by atoms with Gasteiger partial charge in [-0.25, -0.2) is 29.9 Å². The normalized spacial score (nSPS) is 21.5. The molecule has 2 aliphatic heterocycles. The molecule has 2 fully saturated rings. The first kappa shape index (κ1) is 19.3. The van der Waals surface area contributed by atoms with Crippen molar-refractivity contribution >= 4 is 22.3 Å². The predicted octanol–water partition coefficient (Wildman–Crippen LogP) is 2.76. The maximum absolute atomic E-state index is 5.89. The molecule has 2 unspecified atom stereocenters. The van der Waals surface area contributed by atoms with E-state index in [2.05, 4.69) is 41.7 Å². The third kappa shape index (κ3) is 3.39. The van der Waals surface area contributed by atoms with Gasteiger partial charge in [0.1, 0.15) is 47.5 Å². The molecule has 0 aromatic carbocycles. The van der Waals surface area contributed by atoms with Crippen LogP contribution < -0.4 is 0 Å². The molecule has 4 aromatic rings. The molecule has 0 spiro atoms. The summed E-state index contributed by atoms with van der Waals surface area (Å²) in [5.74, 6) is 6.23. The highest BCUT2D eigenvalue weighted by Crippen LogP contribution is 2.27. The largest absolute Gasteiger partial charge is 0.358 e. The highest BCUT2D eigenvalue weighted by atomic mass is 16.5. The van der Waals surface area contributed by atoms with Crippen LogP contribution in [0.3, 0.4) is 0 Å². The minimum absolute atomic E-state index is 0.0445. The molecule has 10 heteroatoms. The Balaban J connectivity index is 1.35. The lowest BCUT2D eigenvalue weighted by molar-refractivity contribution is -0.0299. The van der Waals surface area contributed by atoms with E-state index in [0.717, 1.165) is 63.0 Å². The van der Waals surface area contributed by atoms with E-state index in [0.29, 0.717) is 22.4 Å². The molecule has 6 rings (SSSR count). The van der Waals surface area contributed by atoms with Crippen molar-refractivity contribution in [1.29, 1.82) is 0 Å². The summed E-state index contributed by atoms with van der Waals surface area (Å²) in [6.45, 7) is 1.51. The Labute approximate surface area is 184 Å². The molecule has 0 radical (unpaired) electrons. The molecule has 2 saturated heterocycles. The van der Waals surface area contributed by atoms with Gasteiger partial charge >= 0.3 is 0 Å².